The van der Waals surface area contributed by atoms with Crippen LogP contribution < -0.4 is 5.32 Å². The average Bonchev–Trinajstić information content (AvgIpc) is 2.41. The Morgan fingerprint density at radius 1 is 1.13 bits per heavy atom. The molecule has 0 radical (unpaired) electrons. The first kappa shape index (κ1) is 18.0. The normalized spacial score (nSPS) is 25.0. The van der Waals surface area contributed by atoms with E-state index in [1.165, 1.54) is 0 Å². The van der Waals surface area contributed by atoms with Gasteiger partial charge in [0, 0.05) is 0 Å². The van der Waals surface area contributed by atoms with E-state index in [1.54, 1.807) is 5.32 Å². The molecule has 1 aromatic carbocycles. The van der Waals surface area contributed by atoms with Crippen molar-refractivity contribution >= 4 is 21.8 Å². The molecule has 10 heteroatoms. The maximum absolute atomic E-state index is 14.1. The van der Waals surface area contributed by atoms with Crippen LogP contribution in [0.25, 0.3) is 0 Å². The molecule has 23 heavy (non-hydrogen) atoms. The van der Waals surface area contributed by atoms with Crippen LogP contribution in [0.3, 0.4) is 0 Å². The van der Waals surface area contributed by atoms with Crippen molar-refractivity contribution in [2.75, 3.05) is 0 Å². The first-order valence-electron chi connectivity index (χ1n) is 6.28. The Bertz CT molecular complexity index is 613. The molecule has 0 aliphatic heterocycles. The third kappa shape index (κ3) is 3.78. The SMILES string of the molecule is O=C(N[C@H]1C[C@H](Br)[C@@H](F)c2ccc(C(F)(F)F)cc21)C(F)(F)F. The number of amides is 1. The highest BCUT2D eigenvalue weighted by Gasteiger charge is 2.43. The van der Waals surface area contributed by atoms with E-state index in [4.69, 9.17) is 0 Å². The summed E-state index contributed by atoms with van der Waals surface area (Å²) in [4.78, 5) is 10.1. The van der Waals surface area contributed by atoms with Crippen LogP contribution in [0.1, 0.15) is 35.3 Å². The van der Waals surface area contributed by atoms with Crippen LogP contribution in [0.2, 0.25) is 0 Å². The summed E-state index contributed by atoms with van der Waals surface area (Å²) in [6, 6.07) is 0.724. The minimum absolute atomic E-state index is 0.182. The number of rotatable bonds is 1. The van der Waals surface area contributed by atoms with Crippen molar-refractivity contribution in [3.8, 4) is 0 Å². The van der Waals surface area contributed by atoms with Gasteiger partial charge in [-0.1, -0.05) is 22.0 Å². The van der Waals surface area contributed by atoms with E-state index in [0.717, 1.165) is 6.07 Å². The van der Waals surface area contributed by atoms with Crippen molar-refractivity contribution in [2.24, 2.45) is 0 Å². The van der Waals surface area contributed by atoms with Crippen LogP contribution in [0.4, 0.5) is 30.7 Å². The Labute approximate surface area is 134 Å². The first-order valence-corrected chi connectivity index (χ1v) is 7.19. The molecule has 2 rings (SSSR count). The molecule has 1 N–H and O–H groups in total. The van der Waals surface area contributed by atoms with Crippen molar-refractivity contribution < 1.29 is 35.5 Å². The van der Waals surface area contributed by atoms with Crippen LogP contribution in [0.5, 0.6) is 0 Å². The van der Waals surface area contributed by atoms with E-state index in [2.05, 4.69) is 15.9 Å². The maximum Gasteiger partial charge on any atom is 0.471 e. The highest BCUT2D eigenvalue weighted by molar-refractivity contribution is 9.09. The summed E-state index contributed by atoms with van der Waals surface area (Å²) in [5.41, 5.74) is -1.61. The lowest BCUT2D eigenvalue weighted by molar-refractivity contribution is -0.174. The number of halogens is 8. The van der Waals surface area contributed by atoms with Crippen molar-refractivity contribution in [1.82, 2.24) is 5.32 Å². The van der Waals surface area contributed by atoms with Crippen LogP contribution in [-0.2, 0) is 11.0 Å². The minimum atomic E-state index is -5.18. The lowest BCUT2D eigenvalue weighted by Gasteiger charge is -2.32. The fourth-order valence-corrected chi connectivity index (χ4v) is 3.01. The van der Waals surface area contributed by atoms with Gasteiger partial charge in [-0.2, -0.15) is 26.3 Å². The second-order valence-corrected chi connectivity index (χ2v) is 6.19. The standard InChI is InChI=1S/C13H9BrF7NO/c14-8-4-9(22-11(23)13(19,20)21)7-3-5(12(16,17)18)1-2-6(7)10(8)15/h1-3,8-10H,4H2,(H,22,23)/t8-,9-,10-/m0/s1. The van der Waals surface area contributed by atoms with Gasteiger partial charge in [-0.05, 0) is 29.7 Å². The van der Waals surface area contributed by atoms with Gasteiger partial charge in [0.05, 0.1) is 16.4 Å². The highest BCUT2D eigenvalue weighted by Crippen LogP contribution is 2.44. The van der Waals surface area contributed by atoms with Gasteiger partial charge in [-0.25, -0.2) is 4.39 Å². The second kappa shape index (κ2) is 5.95. The summed E-state index contributed by atoms with van der Waals surface area (Å²) in [5.74, 6) is -2.29. The largest absolute Gasteiger partial charge is 0.471 e. The number of benzene rings is 1. The number of nitrogens with one attached hydrogen (secondary N) is 1. The smallest absolute Gasteiger partial charge is 0.341 e. The summed E-state index contributed by atoms with van der Waals surface area (Å²) in [6.45, 7) is 0. The predicted molar refractivity (Wildman–Crippen MR) is 69.6 cm³/mol. The maximum atomic E-state index is 14.1. The van der Waals surface area contributed by atoms with E-state index in [9.17, 15) is 35.5 Å². The molecule has 0 saturated heterocycles. The highest BCUT2D eigenvalue weighted by atomic mass is 79.9. The van der Waals surface area contributed by atoms with E-state index in [0.29, 0.717) is 12.1 Å². The quantitative estimate of drug-likeness (QED) is 0.534. The lowest BCUT2D eigenvalue weighted by Crippen LogP contribution is -2.42. The number of alkyl halides is 8. The molecular weight excluding hydrogens is 399 g/mol. The van der Waals surface area contributed by atoms with Gasteiger partial charge in [0.25, 0.3) is 0 Å². The molecule has 1 aliphatic rings. The molecule has 1 amide bonds. The number of carbonyl (C=O) groups excluding carboxylic acids is 1. The third-order valence-corrected chi connectivity index (χ3v) is 4.27. The lowest BCUT2D eigenvalue weighted by atomic mass is 9.85. The van der Waals surface area contributed by atoms with Crippen LogP contribution in [0.15, 0.2) is 18.2 Å². The summed E-state index contributed by atoms with van der Waals surface area (Å²) in [6.07, 6.45) is -11.9. The van der Waals surface area contributed by atoms with Crippen molar-refractivity contribution in [3.63, 3.8) is 0 Å². The molecule has 0 unspecified atom stereocenters. The van der Waals surface area contributed by atoms with Gasteiger partial charge in [-0.3, -0.25) is 4.79 Å². The van der Waals surface area contributed by atoms with Gasteiger partial charge < -0.3 is 5.32 Å². The Morgan fingerprint density at radius 2 is 1.74 bits per heavy atom. The zero-order valence-corrected chi connectivity index (χ0v) is 12.7. The molecule has 128 valence electrons. The number of carbonyl (C=O) groups is 1. The Balaban J connectivity index is 2.43. The molecule has 2 nitrogen and oxygen atoms in total. The molecule has 0 heterocycles. The first-order chi connectivity index (χ1) is 10.4. The number of hydrogen-bond donors (Lipinski definition) is 1. The summed E-state index contributed by atoms with van der Waals surface area (Å²) < 4.78 is 89.3. The number of hydrogen-bond acceptors (Lipinski definition) is 1. The topological polar surface area (TPSA) is 29.1 Å². The fourth-order valence-electron chi connectivity index (χ4n) is 2.35. The van der Waals surface area contributed by atoms with Gasteiger partial charge >= 0.3 is 18.3 Å². The molecule has 0 bridgehead atoms. The van der Waals surface area contributed by atoms with Gasteiger partial charge in [0.2, 0.25) is 0 Å². The summed E-state index contributed by atoms with van der Waals surface area (Å²) >= 11 is 2.93. The van der Waals surface area contributed by atoms with E-state index in [1.807, 2.05) is 0 Å². The van der Waals surface area contributed by atoms with E-state index in [-0.39, 0.29) is 17.5 Å². The van der Waals surface area contributed by atoms with Gasteiger partial charge in [0.1, 0.15) is 6.17 Å². The Kier molecular flexibility index (Phi) is 4.67. The monoisotopic (exact) mass is 407 g/mol. The molecule has 0 saturated carbocycles. The molecular formula is C13H9BrF7NO. The van der Waals surface area contributed by atoms with Crippen molar-refractivity contribution in [1.29, 1.82) is 0 Å². The molecule has 3 atom stereocenters. The molecule has 0 spiro atoms. The van der Waals surface area contributed by atoms with Crippen molar-refractivity contribution in [3.05, 3.63) is 34.9 Å². The predicted octanol–water partition coefficient (Wildman–Crippen LogP) is 4.60. The van der Waals surface area contributed by atoms with Gasteiger partial charge in [-0.15, -0.1) is 0 Å². The van der Waals surface area contributed by atoms with E-state index >= 15 is 0 Å². The summed E-state index contributed by atoms with van der Waals surface area (Å²) in [7, 11) is 0. The van der Waals surface area contributed by atoms with Crippen LogP contribution in [0, 0.1) is 0 Å². The second-order valence-electron chi connectivity index (χ2n) is 5.02. The summed E-state index contributed by atoms with van der Waals surface area (Å²) in [5, 5.41) is 1.62. The molecule has 0 aromatic heterocycles. The Hall–Kier alpha value is -1.32. The zero-order valence-electron chi connectivity index (χ0n) is 11.1. The van der Waals surface area contributed by atoms with Crippen LogP contribution in [-0.4, -0.2) is 16.9 Å². The third-order valence-electron chi connectivity index (χ3n) is 3.43. The molecule has 0 fully saturated rings. The minimum Gasteiger partial charge on any atom is -0.341 e. The fraction of sp³-hybridized carbons (Fsp3) is 0.462. The zero-order chi connectivity index (χ0) is 17.6. The Morgan fingerprint density at radius 3 is 2.26 bits per heavy atom. The number of fused-ring (bicyclic) bond motifs is 1. The molecule has 1 aromatic rings. The van der Waals surface area contributed by atoms with Gasteiger partial charge in [0.15, 0.2) is 0 Å². The van der Waals surface area contributed by atoms with Crippen molar-refractivity contribution in [2.45, 2.75) is 35.8 Å². The average molecular weight is 408 g/mol. The van der Waals surface area contributed by atoms with E-state index < -0.39 is 40.9 Å². The molecule has 1 aliphatic carbocycles. The van der Waals surface area contributed by atoms with Crippen LogP contribution >= 0.6 is 15.9 Å².